The van der Waals surface area contributed by atoms with Gasteiger partial charge in [-0.25, -0.2) is 9.37 Å². The Balaban J connectivity index is 2.11. The number of rotatable bonds is 3. The van der Waals surface area contributed by atoms with E-state index in [4.69, 9.17) is 5.73 Å². The number of nitrogens with two attached hydrogens (primary N) is 1. The molecule has 88 valence electrons. The quantitative estimate of drug-likeness (QED) is 0.882. The molecule has 2 N–H and O–H groups in total. The minimum absolute atomic E-state index is 0.224. The standard InChI is InChI=1S/C13H14FN3/c1-17(13-8-12(15)6-7-16-13)9-10-2-4-11(14)5-3-10/h2-8H,9H2,1H3,(H2,15,16). The molecule has 0 amide bonds. The van der Waals surface area contributed by atoms with Gasteiger partial charge in [0.15, 0.2) is 0 Å². The maximum atomic E-state index is 12.8. The Morgan fingerprint density at radius 1 is 1.24 bits per heavy atom. The van der Waals surface area contributed by atoms with Crippen molar-refractivity contribution in [1.29, 1.82) is 0 Å². The van der Waals surface area contributed by atoms with Gasteiger partial charge in [-0.05, 0) is 23.8 Å². The SMILES string of the molecule is CN(Cc1ccc(F)cc1)c1cc(N)ccn1. The van der Waals surface area contributed by atoms with Gasteiger partial charge in [-0.1, -0.05) is 12.1 Å². The van der Waals surface area contributed by atoms with Gasteiger partial charge in [0.1, 0.15) is 11.6 Å². The van der Waals surface area contributed by atoms with Gasteiger partial charge >= 0.3 is 0 Å². The summed E-state index contributed by atoms with van der Waals surface area (Å²) in [5.74, 6) is 0.577. The molecule has 0 atom stereocenters. The number of hydrogen-bond donors (Lipinski definition) is 1. The fourth-order valence-corrected chi connectivity index (χ4v) is 1.59. The van der Waals surface area contributed by atoms with Crippen LogP contribution in [-0.4, -0.2) is 12.0 Å². The largest absolute Gasteiger partial charge is 0.399 e. The van der Waals surface area contributed by atoms with E-state index in [1.807, 2.05) is 18.0 Å². The van der Waals surface area contributed by atoms with Crippen LogP contribution in [-0.2, 0) is 6.54 Å². The first kappa shape index (κ1) is 11.4. The van der Waals surface area contributed by atoms with Gasteiger partial charge < -0.3 is 10.6 Å². The van der Waals surface area contributed by atoms with E-state index in [0.29, 0.717) is 12.2 Å². The molecule has 1 aromatic heterocycles. The number of pyridine rings is 1. The van der Waals surface area contributed by atoms with Crippen molar-refractivity contribution in [3.05, 3.63) is 54.0 Å². The predicted molar refractivity (Wildman–Crippen MR) is 67.2 cm³/mol. The Hall–Kier alpha value is -2.10. The van der Waals surface area contributed by atoms with E-state index in [1.54, 1.807) is 24.4 Å². The highest BCUT2D eigenvalue weighted by atomic mass is 19.1. The molecule has 3 nitrogen and oxygen atoms in total. The van der Waals surface area contributed by atoms with Crippen LogP contribution in [0, 0.1) is 5.82 Å². The fourth-order valence-electron chi connectivity index (χ4n) is 1.59. The third-order valence-corrected chi connectivity index (χ3v) is 2.49. The molecule has 4 heteroatoms. The third-order valence-electron chi connectivity index (χ3n) is 2.49. The number of nitrogen functional groups attached to an aromatic ring is 1. The summed E-state index contributed by atoms with van der Waals surface area (Å²) in [7, 11) is 1.92. The normalized spacial score (nSPS) is 10.2. The number of nitrogens with zero attached hydrogens (tertiary/aromatic N) is 2. The van der Waals surface area contributed by atoms with E-state index < -0.39 is 0 Å². The Labute approximate surface area is 99.7 Å². The highest BCUT2D eigenvalue weighted by molar-refractivity contribution is 5.50. The van der Waals surface area contributed by atoms with Crippen molar-refractivity contribution in [2.45, 2.75) is 6.54 Å². The van der Waals surface area contributed by atoms with Crippen molar-refractivity contribution in [3.8, 4) is 0 Å². The Bertz CT molecular complexity index is 496. The number of benzene rings is 1. The fraction of sp³-hybridized carbons (Fsp3) is 0.154. The molecule has 0 aliphatic carbocycles. The summed E-state index contributed by atoms with van der Waals surface area (Å²) in [5.41, 5.74) is 7.40. The minimum atomic E-state index is -0.224. The van der Waals surface area contributed by atoms with Crippen molar-refractivity contribution in [3.63, 3.8) is 0 Å². The van der Waals surface area contributed by atoms with Crippen LogP contribution in [0.2, 0.25) is 0 Å². The van der Waals surface area contributed by atoms with Crippen molar-refractivity contribution in [2.75, 3.05) is 17.7 Å². The van der Waals surface area contributed by atoms with Crippen molar-refractivity contribution >= 4 is 11.5 Å². The summed E-state index contributed by atoms with van der Waals surface area (Å²) in [6, 6.07) is 9.99. The van der Waals surface area contributed by atoms with Crippen molar-refractivity contribution in [1.82, 2.24) is 4.98 Å². The first-order chi connectivity index (χ1) is 8.15. The molecular weight excluding hydrogens is 217 g/mol. The van der Waals surface area contributed by atoms with Gasteiger partial charge in [0.2, 0.25) is 0 Å². The lowest BCUT2D eigenvalue weighted by Gasteiger charge is -2.18. The molecule has 0 aliphatic rings. The van der Waals surface area contributed by atoms with E-state index in [0.717, 1.165) is 11.4 Å². The highest BCUT2D eigenvalue weighted by Crippen LogP contribution is 2.15. The maximum absolute atomic E-state index is 12.8. The predicted octanol–water partition coefficient (Wildman–Crippen LogP) is 2.44. The van der Waals surface area contributed by atoms with Gasteiger partial charge in [-0.15, -0.1) is 0 Å². The van der Waals surface area contributed by atoms with E-state index in [2.05, 4.69) is 4.98 Å². The lowest BCUT2D eigenvalue weighted by molar-refractivity contribution is 0.627. The van der Waals surface area contributed by atoms with Crippen LogP contribution in [0.3, 0.4) is 0 Å². The van der Waals surface area contributed by atoms with E-state index in [1.165, 1.54) is 12.1 Å². The molecule has 0 unspecified atom stereocenters. The van der Waals surface area contributed by atoms with Crippen LogP contribution < -0.4 is 10.6 Å². The summed E-state index contributed by atoms with van der Waals surface area (Å²) in [6.45, 7) is 0.663. The summed E-state index contributed by atoms with van der Waals surface area (Å²) in [5, 5.41) is 0. The second-order valence-corrected chi connectivity index (χ2v) is 3.93. The van der Waals surface area contributed by atoms with Crippen LogP contribution >= 0.6 is 0 Å². The second-order valence-electron chi connectivity index (χ2n) is 3.93. The zero-order valence-electron chi connectivity index (χ0n) is 9.60. The van der Waals surface area contributed by atoms with Crippen LogP contribution in [0.25, 0.3) is 0 Å². The summed E-state index contributed by atoms with van der Waals surface area (Å²) in [4.78, 5) is 6.19. The molecular formula is C13H14FN3. The number of anilines is 2. The molecule has 0 aliphatic heterocycles. The monoisotopic (exact) mass is 231 g/mol. The van der Waals surface area contributed by atoms with Crippen molar-refractivity contribution in [2.24, 2.45) is 0 Å². The van der Waals surface area contributed by atoms with Gasteiger partial charge in [0, 0.05) is 31.5 Å². The highest BCUT2D eigenvalue weighted by Gasteiger charge is 2.03. The van der Waals surface area contributed by atoms with Gasteiger partial charge in [0.25, 0.3) is 0 Å². The average Bonchev–Trinajstić information content (AvgIpc) is 2.32. The van der Waals surface area contributed by atoms with E-state index in [-0.39, 0.29) is 5.82 Å². The molecule has 0 fully saturated rings. The lowest BCUT2D eigenvalue weighted by atomic mass is 10.2. The molecule has 1 heterocycles. The number of aromatic nitrogens is 1. The zero-order valence-corrected chi connectivity index (χ0v) is 9.60. The first-order valence-electron chi connectivity index (χ1n) is 5.32. The lowest BCUT2D eigenvalue weighted by Crippen LogP contribution is -2.17. The zero-order chi connectivity index (χ0) is 12.3. The van der Waals surface area contributed by atoms with Crippen molar-refractivity contribution < 1.29 is 4.39 Å². The van der Waals surface area contributed by atoms with E-state index in [9.17, 15) is 4.39 Å². The van der Waals surface area contributed by atoms with Crippen LogP contribution in [0.15, 0.2) is 42.6 Å². The van der Waals surface area contributed by atoms with Gasteiger partial charge in [0.05, 0.1) is 0 Å². The van der Waals surface area contributed by atoms with Crippen LogP contribution in [0.5, 0.6) is 0 Å². The topological polar surface area (TPSA) is 42.1 Å². The maximum Gasteiger partial charge on any atom is 0.130 e. The molecule has 1 aromatic carbocycles. The molecule has 0 saturated carbocycles. The molecule has 2 aromatic rings. The smallest absolute Gasteiger partial charge is 0.130 e. The summed E-state index contributed by atoms with van der Waals surface area (Å²) < 4.78 is 12.8. The minimum Gasteiger partial charge on any atom is -0.399 e. The molecule has 0 saturated heterocycles. The Morgan fingerprint density at radius 2 is 1.94 bits per heavy atom. The summed E-state index contributed by atoms with van der Waals surface area (Å²) in [6.07, 6.45) is 1.67. The van der Waals surface area contributed by atoms with Gasteiger partial charge in [-0.2, -0.15) is 0 Å². The Morgan fingerprint density at radius 3 is 2.59 bits per heavy atom. The Kier molecular flexibility index (Phi) is 3.23. The van der Waals surface area contributed by atoms with Gasteiger partial charge in [-0.3, -0.25) is 0 Å². The number of hydrogen-bond acceptors (Lipinski definition) is 3. The molecule has 0 bridgehead atoms. The molecule has 17 heavy (non-hydrogen) atoms. The van der Waals surface area contributed by atoms with Crippen LogP contribution in [0.1, 0.15) is 5.56 Å². The number of halogens is 1. The molecule has 2 rings (SSSR count). The van der Waals surface area contributed by atoms with E-state index >= 15 is 0 Å². The second kappa shape index (κ2) is 4.82. The summed E-state index contributed by atoms with van der Waals surface area (Å²) >= 11 is 0. The molecule has 0 spiro atoms. The molecule has 0 radical (unpaired) electrons. The third kappa shape index (κ3) is 2.93. The first-order valence-corrected chi connectivity index (χ1v) is 5.32. The average molecular weight is 231 g/mol. The van der Waals surface area contributed by atoms with Crippen LogP contribution in [0.4, 0.5) is 15.9 Å².